The zero-order valence-electron chi connectivity index (χ0n) is 13.9. The van der Waals surface area contributed by atoms with Gasteiger partial charge in [0.1, 0.15) is 6.04 Å². The number of carbonyl (C=O) groups is 1. The number of rotatable bonds is 5. The Balaban J connectivity index is 1.45. The molecule has 4 rings (SSSR count). The molecule has 0 radical (unpaired) electrons. The monoisotopic (exact) mass is 392 g/mol. The Kier molecular flexibility index (Phi) is 4.93. The smallest absolute Gasteiger partial charge is 0.242 e. The minimum Gasteiger partial charge on any atom is -0.378 e. The van der Waals surface area contributed by atoms with Crippen LogP contribution < -0.4 is 5.32 Å². The summed E-state index contributed by atoms with van der Waals surface area (Å²) in [7, 11) is 0. The zero-order chi connectivity index (χ0) is 16.5. The van der Waals surface area contributed by atoms with Crippen LogP contribution in [0.3, 0.4) is 0 Å². The van der Waals surface area contributed by atoms with Gasteiger partial charge in [-0.05, 0) is 62.9 Å². The van der Waals surface area contributed by atoms with Gasteiger partial charge in [-0.15, -0.1) is 0 Å². The van der Waals surface area contributed by atoms with Gasteiger partial charge in [-0.3, -0.25) is 9.69 Å². The van der Waals surface area contributed by atoms with E-state index in [0.29, 0.717) is 18.1 Å². The highest BCUT2D eigenvalue weighted by Gasteiger charge is 2.46. The van der Waals surface area contributed by atoms with Crippen LogP contribution >= 0.6 is 15.9 Å². The Morgan fingerprint density at radius 3 is 2.83 bits per heavy atom. The molecule has 1 aromatic rings. The van der Waals surface area contributed by atoms with Gasteiger partial charge in [0.15, 0.2) is 0 Å². The maximum atomic E-state index is 13.0. The van der Waals surface area contributed by atoms with E-state index in [1.54, 1.807) is 0 Å². The molecule has 1 saturated carbocycles. The van der Waals surface area contributed by atoms with Crippen molar-refractivity contribution >= 4 is 21.8 Å². The first-order valence-electron chi connectivity index (χ1n) is 9.14. The summed E-state index contributed by atoms with van der Waals surface area (Å²) in [5.74, 6) is 0.679. The van der Waals surface area contributed by atoms with Crippen molar-refractivity contribution in [3.63, 3.8) is 0 Å². The van der Waals surface area contributed by atoms with Crippen molar-refractivity contribution < 1.29 is 9.53 Å². The van der Waals surface area contributed by atoms with Crippen molar-refractivity contribution in [3.8, 4) is 0 Å². The van der Waals surface area contributed by atoms with Crippen molar-refractivity contribution in [2.45, 2.75) is 50.3 Å². The molecule has 4 atom stereocenters. The molecule has 0 bridgehead atoms. The van der Waals surface area contributed by atoms with Gasteiger partial charge in [0.05, 0.1) is 6.10 Å². The molecule has 24 heavy (non-hydrogen) atoms. The van der Waals surface area contributed by atoms with Crippen LogP contribution in [0.1, 0.15) is 43.7 Å². The molecular formula is C19H25BrN2O2. The second-order valence-corrected chi connectivity index (χ2v) is 8.18. The van der Waals surface area contributed by atoms with Crippen LogP contribution in [0.5, 0.6) is 0 Å². The topological polar surface area (TPSA) is 41.6 Å². The second-order valence-electron chi connectivity index (χ2n) is 7.27. The minimum atomic E-state index is -0.171. The Morgan fingerprint density at radius 1 is 1.29 bits per heavy atom. The summed E-state index contributed by atoms with van der Waals surface area (Å²) in [4.78, 5) is 15.4. The average molecular weight is 393 g/mol. The van der Waals surface area contributed by atoms with E-state index in [-0.39, 0.29) is 11.9 Å². The molecule has 0 aromatic heterocycles. The Hall–Kier alpha value is -0.910. The highest BCUT2D eigenvalue weighted by Crippen LogP contribution is 2.40. The van der Waals surface area contributed by atoms with Gasteiger partial charge >= 0.3 is 0 Å². The highest BCUT2D eigenvalue weighted by atomic mass is 79.9. The molecule has 130 valence electrons. The maximum Gasteiger partial charge on any atom is 0.242 e. The van der Waals surface area contributed by atoms with Crippen LogP contribution in [0.15, 0.2) is 28.7 Å². The Labute approximate surface area is 152 Å². The lowest BCUT2D eigenvalue weighted by molar-refractivity contribution is -0.126. The molecule has 0 spiro atoms. The number of benzene rings is 1. The predicted molar refractivity (Wildman–Crippen MR) is 96.7 cm³/mol. The fourth-order valence-electron chi connectivity index (χ4n) is 4.20. The summed E-state index contributed by atoms with van der Waals surface area (Å²) in [6.07, 6.45) is 6.11. The van der Waals surface area contributed by atoms with Crippen molar-refractivity contribution in [3.05, 3.63) is 34.3 Å². The van der Waals surface area contributed by atoms with Crippen LogP contribution in [0.25, 0.3) is 0 Å². The fraction of sp³-hybridized carbons (Fsp3) is 0.632. The molecule has 2 heterocycles. The average Bonchev–Trinajstić information content (AvgIpc) is 2.99. The standard InChI is InChI=1S/C19H25BrN2O2/c20-14-6-3-5-13(11-14)18(22-8-1-2-9-22)19(23)21-16-12-15(16)17-7-4-10-24-17/h3,5-6,11,15-18H,1-2,4,7-10,12H2,(H,21,23)/t15-,16-,17?,18?/m1/s1. The molecule has 1 amide bonds. The number of hydrogen-bond acceptors (Lipinski definition) is 3. The van der Waals surface area contributed by atoms with E-state index >= 15 is 0 Å². The quantitative estimate of drug-likeness (QED) is 0.835. The number of amides is 1. The van der Waals surface area contributed by atoms with Crippen LogP contribution in [-0.4, -0.2) is 42.6 Å². The zero-order valence-corrected chi connectivity index (χ0v) is 15.5. The molecule has 2 saturated heterocycles. The van der Waals surface area contributed by atoms with E-state index in [1.165, 1.54) is 12.8 Å². The van der Waals surface area contributed by atoms with Crippen molar-refractivity contribution in [2.24, 2.45) is 5.92 Å². The van der Waals surface area contributed by atoms with Crippen molar-refractivity contribution in [1.82, 2.24) is 10.2 Å². The van der Waals surface area contributed by atoms with Crippen LogP contribution in [0.2, 0.25) is 0 Å². The molecule has 4 nitrogen and oxygen atoms in total. The lowest BCUT2D eigenvalue weighted by Gasteiger charge is -2.27. The lowest BCUT2D eigenvalue weighted by Crippen LogP contribution is -2.41. The number of nitrogens with one attached hydrogen (secondary N) is 1. The second kappa shape index (κ2) is 7.14. The summed E-state index contributed by atoms with van der Waals surface area (Å²) in [5, 5.41) is 3.30. The first-order valence-corrected chi connectivity index (χ1v) is 9.93. The summed E-state index contributed by atoms with van der Waals surface area (Å²) in [5.41, 5.74) is 1.08. The third-order valence-corrected chi connectivity index (χ3v) is 6.02. The number of hydrogen-bond donors (Lipinski definition) is 1. The molecule has 1 N–H and O–H groups in total. The van der Waals surface area contributed by atoms with Gasteiger partial charge in [-0.25, -0.2) is 0 Å². The highest BCUT2D eigenvalue weighted by molar-refractivity contribution is 9.10. The van der Waals surface area contributed by atoms with E-state index in [4.69, 9.17) is 4.74 Å². The Morgan fingerprint density at radius 2 is 2.12 bits per heavy atom. The van der Waals surface area contributed by atoms with E-state index in [2.05, 4.69) is 38.3 Å². The van der Waals surface area contributed by atoms with E-state index in [0.717, 1.165) is 49.0 Å². The SMILES string of the molecule is O=C(N[C@@H]1C[C@H]1C1CCCO1)C(c1cccc(Br)c1)N1CCCC1. The molecule has 5 heteroatoms. The minimum absolute atomic E-state index is 0.153. The molecule has 1 aromatic carbocycles. The molecule has 1 aliphatic carbocycles. The number of carbonyl (C=O) groups excluding carboxylic acids is 1. The first-order chi connectivity index (χ1) is 11.7. The van der Waals surface area contributed by atoms with Gasteiger partial charge in [0, 0.05) is 23.0 Å². The van der Waals surface area contributed by atoms with E-state index < -0.39 is 0 Å². The van der Waals surface area contributed by atoms with Gasteiger partial charge in [0.2, 0.25) is 5.91 Å². The number of likely N-dealkylation sites (tertiary alicyclic amines) is 1. The molecule has 2 aliphatic heterocycles. The van der Waals surface area contributed by atoms with Crippen molar-refractivity contribution in [1.29, 1.82) is 0 Å². The summed E-state index contributed by atoms with van der Waals surface area (Å²) in [6.45, 7) is 2.89. The summed E-state index contributed by atoms with van der Waals surface area (Å²) in [6, 6.07) is 8.30. The predicted octanol–water partition coefficient (Wildman–Crippen LogP) is 3.27. The van der Waals surface area contributed by atoms with E-state index in [1.807, 2.05) is 12.1 Å². The van der Waals surface area contributed by atoms with Gasteiger partial charge in [0.25, 0.3) is 0 Å². The van der Waals surface area contributed by atoms with Gasteiger partial charge < -0.3 is 10.1 Å². The van der Waals surface area contributed by atoms with Crippen LogP contribution in [0.4, 0.5) is 0 Å². The summed E-state index contributed by atoms with van der Waals surface area (Å²) >= 11 is 3.54. The molecule has 2 unspecified atom stereocenters. The third kappa shape index (κ3) is 3.53. The molecule has 3 fully saturated rings. The van der Waals surface area contributed by atoms with Crippen molar-refractivity contribution in [2.75, 3.05) is 19.7 Å². The van der Waals surface area contributed by atoms with Gasteiger partial charge in [-0.1, -0.05) is 28.1 Å². The van der Waals surface area contributed by atoms with Crippen LogP contribution in [0, 0.1) is 5.92 Å². The first kappa shape index (κ1) is 16.6. The maximum absolute atomic E-state index is 13.0. The number of halogens is 1. The molecule has 3 aliphatic rings. The van der Waals surface area contributed by atoms with E-state index in [9.17, 15) is 4.79 Å². The molecular weight excluding hydrogens is 368 g/mol. The lowest BCUT2D eigenvalue weighted by atomic mass is 10.0. The largest absolute Gasteiger partial charge is 0.378 e. The van der Waals surface area contributed by atoms with Crippen LogP contribution in [-0.2, 0) is 9.53 Å². The Bertz CT molecular complexity index is 597. The fourth-order valence-corrected chi connectivity index (χ4v) is 4.61. The number of nitrogens with zero attached hydrogens (tertiary/aromatic N) is 1. The summed E-state index contributed by atoms with van der Waals surface area (Å²) < 4.78 is 6.81. The number of ether oxygens (including phenoxy) is 1. The van der Waals surface area contributed by atoms with Gasteiger partial charge in [-0.2, -0.15) is 0 Å². The normalized spacial score (nSPS) is 31.1. The third-order valence-electron chi connectivity index (χ3n) is 5.53.